The van der Waals surface area contributed by atoms with E-state index < -0.39 is 5.91 Å². The van der Waals surface area contributed by atoms with Crippen LogP contribution in [0.1, 0.15) is 58.0 Å². The number of rotatable bonds is 6. The SMILES string of the molecule is C[C@H](NC(=O)c1nc[nH]c1C(=O)N[C@@H](C)c1ccccc1)c1ccccc1. The van der Waals surface area contributed by atoms with Crippen LogP contribution in [0, 0.1) is 0 Å². The molecular weight excluding hydrogens is 340 g/mol. The molecule has 3 N–H and O–H groups in total. The molecule has 3 aromatic rings. The van der Waals surface area contributed by atoms with Gasteiger partial charge in [-0.15, -0.1) is 0 Å². The van der Waals surface area contributed by atoms with Crippen molar-refractivity contribution in [3.05, 3.63) is 89.5 Å². The van der Waals surface area contributed by atoms with Crippen molar-refractivity contribution < 1.29 is 9.59 Å². The average Bonchev–Trinajstić information content (AvgIpc) is 3.19. The third-order valence-corrected chi connectivity index (χ3v) is 4.38. The van der Waals surface area contributed by atoms with Gasteiger partial charge in [0.15, 0.2) is 5.69 Å². The molecule has 2 amide bonds. The summed E-state index contributed by atoms with van der Waals surface area (Å²) in [7, 11) is 0. The quantitative estimate of drug-likeness (QED) is 0.628. The van der Waals surface area contributed by atoms with Crippen molar-refractivity contribution in [2.45, 2.75) is 25.9 Å². The van der Waals surface area contributed by atoms with Gasteiger partial charge in [-0.05, 0) is 25.0 Å². The Balaban J connectivity index is 1.69. The Morgan fingerprint density at radius 2 is 1.30 bits per heavy atom. The molecule has 0 aliphatic heterocycles. The molecule has 138 valence electrons. The fraction of sp³-hybridized carbons (Fsp3) is 0.190. The predicted molar refractivity (Wildman–Crippen MR) is 103 cm³/mol. The van der Waals surface area contributed by atoms with Crippen molar-refractivity contribution in [3.8, 4) is 0 Å². The zero-order valence-electron chi connectivity index (χ0n) is 15.3. The van der Waals surface area contributed by atoms with Crippen molar-refractivity contribution in [1.82, 2.24) is 20.6 Å². The molecule has 0 aliphatic carbocycles. The van der Waals surface area contributed by atoms with Crippen LogP contribution in [0.5, 0.6) is 0 Å². The Kier molecular flexibility index (Phi) is 5.66. The van der Waals surface area contributed by atoms with Crippen molar-refractivity contribution in [2.75, 3.05) is 0 Å². The molecule has 1 aromatic heterocycles. The van der Waals surface area contributed by atoms with E-state index in [1.807, 2.05) is 74.5 Å². The first kappa shape index (κ1) is 18.4. The van der Waals surface area contributed by atoms with Crippen LogP contribution >= 0.6 is 0 Å². The highest BCUT2D eigenvalue weighted by Crippen LogP contribution is 2.15. The number of aromatic nitrogens is 2. The number of nitrogens with zero attached hydrogens (tertiary/aromatic N) is 1. The first-order valence-corrected chi connectivity index (χ1v) is 8.81. The lowest BCUT2D eigenvalue weighted by molar-refractivity contribution is 0.0899. The number of carbonyl (C=O) groups is 2. The second-order valence-corrected chi connectivity index (χ2v) is 6.34. The molecule has 2 aromatic carbocycles. The van der Waals surface area contributed by atoms with Gasteiger partial charge in [0, 0.05) is 0 Å². The smallest absolute Gasteiger partial charge is 0.272 e. The summed E-state index contributed by atoms with van der Waals surface area (Å²) >= 11 is 0. The molecule has 3 rings (SSSR count). The first-order chi connectivity index (χ1) is 13.1. The molecular formula is C21H22N4O2. The van der Waals surface area contributed by atoms with Crippen LogP contribution in [0.25, 0.3) is 0 Å². The van der Waals surface area contributed by atoms with Gasteiger partial charge in [-0.1, -0.05) is 60.7 Å². The molecule has 0 radical (unpaired) electrons. The molecule has 2 atom stereocenters. The van der Waals surface area contributed by atoms with Crippen LogP contribution in [0.4, 0.5) is 0 Å². The normalized spacial score (nSPS) is 12.8. The van der Waals surface area contributed by atoms with Crippen LogP contribution in [-0.4, -0.2) is 21.8 Å². The van der Waals surface area contributed by atoms with E-state index in [0.29, 0.717) is 0 Å². The number of carbonyl (C=O) groups excluding carboxylic acids is 2. The summed E-state index contributed by atoms with van der Waals surface area (Å²) in [5.41, 5.74) is 2.19. The number of amides is 2. The largest absolute Gasteiger partial charge is 0.344 e. The van der Waals surface area contributed by atoms with E-state index in [0.717, 1.165) is 11.1 Å². The third kappa shape index (κ3) is 4.41. The summed E-state index contributed by atoms with van der Waals surface area (Å²) < 4.78 is 0. The zero-order valence-corrected chi connectivity index (χ0v) is 15.3. The minimum Gasteiger partial charge on any atom is -0.344 e. The van der Waals surface area contributed by atoms with E-state index in [4.69, 9.17) is 0 Å². The number of benzene rings is 2. The van der Waals surface area contributed by atoms with Crippen LogP contribution < -0.4 is 10.6 Å². The van der Waals surface area contributed by atoms with Gasteiger partial charge in [-0.3, -0.25) is 9.59 Å². The molecule has 0 spiro atoms. The molecule has 1 heterocycles. The van der Waals surface area contributed by atoms with Crippen LogP contribution in [0.3, 0.4) is 0 Å². The standard InChI is InChI=1S/C21H22N4O2/c1-14(16-9-5-3-6-10-16)24-20(26)18-19(23-13-22-18)21(27)25-15(2)17-11-7-4-8-12-17/h3-15H,1-2H3,(H,22,23)(H,24,26)(H,25,27)/t14-,15-/m0/s1. The van der Waals surface area contributed by atoms with Gasteiger partial charge in [0.05, 0.1) is 18.4 Å². The minimum atomic E-state index is -0.398. The highest BCUT2D eigenvalue weighted by atomic mass is 16.2. The number of hydrogen-bond acceptors (Lipinski definition) is 3. The van der Waals surface area contributed by atoms with Crippen LogP contribution in [0.2, 0.25) is 0 Å². The maximum absolute atomic E-state index is 12.6. The van der Waals surface area contributed by atoms with E-state index in [9.17, 15) is 9.59 Å². The minimum absolute atomic E-state index is 0.0792. The average molecular weight is 362 g/mol. The van der Waals surface area contributed by atoms with Crippen molar-refractivity contribution in [1.29, 1.82) is 0 Å². The lowest BCUT2D eigenvalue weighted by Gasteiger charge is -2.15. The van der Waals surface area contributed by atoms with Gasteiger partial charge in [0.1, 0.15) is 5.69 Å². The fourth-order valence-electron chi connectivity index (χ4n) is 2.82. The maximum atomic E-state index is 12.6. The summed E-state index contributed by atoms with van der Waals surface area (Å²) in [6.07, 6.45) is 1.35. The summed E-state index contributed by atoms with van der Waals surface area (Å²) in [6.45, 7) is 3.78. The van der Waals surface area contributed by atoms with Crippen molar-refractivity contribution >= 4 is 11.8 Å². The monoisotopic (exact) mass is 362 g/mol. The first-order valence-electron chi connectivity index (χ1n) is 8.81. The Hall–Kier alpha value is -3.41. The summed E-state index contributed by atoms with van der Waals surface area (Å²) in [5.74, 6) is -0.772. The fourth-order valence-corrected chi connectivity index (χ4v) is 2.82. The van der Waals surface area contributed by atoms with E-state index in [1.54, 1.807) is 0 Å². The number of H-pyrrole nitrogens is 1. The van der Waals surface area contributed by atoms with Gasteiger partial charge >= 0.3 is 0 Å². The second kappa shape index (κ2) is 8.31. The molecule has 6 heteroatoms. The summed E-state index contributed by atoms with van der Waals surface area (Å²) in [5, 5.41) is 5.77. The van der Waals surface area contributed by atoms with Gasteiger partial charge in [0.25, 0.3) is 11.8 Å². The number of nitrogens with one attached hydrogen (secondary N) is 3. The molecule has 0 saturated carbocycles. The van der Waals surface area contributed by atoms with Crippen LogP contribution in [0.15, 0.2) is 67.0 Å². The summed E-state index contributed by atoms with van der Waals surface area (Å²) in [4.78, 5) is 32.0. The predicted octanol–water partition coefficient (Wildman–Crippen LogP) is 3.39. The van der Waals surface area contributed by atoms with Crippen molar-refractivity contribution in [2.24, 2.45) is 0 Å². The molecule has 6 nitrogen and oxygen atoms in total. The van der Waals surface area contributed by atoms with E-state index in [2.05, 4.69) is 20.6 Å². The molecule has 27 heavy (non-hydrogen) atoms. The zero-order chi connectivity index (χ0) is 19.2. The Morgan fingerprint density at radius 3 is 1.81 bits per heavy atom. The van der Waals surface area contributed by atoms with E-state index in [1.165, 1.54) is 6.33 Å². The van der Waals surface area contributed by atoms with Gasteiger partial charge in [0.2, 0.25) is 0 Å². The Bertz CT molecular complexity index is 832. The lowest BCUT2D eigenvalue weighted by atomic mass is 10.1. The summed E-state index contributed by atoms with van der Waals surface area (Å²) in [6, 6.07) is 18.8. The molecule has 0 bridgehead atoms. The van der Waals surface area contributed by atoms with Crippen molar-refractivity contribution in [3.63, 3.8) is 0 Å². The maximum Gasteiger partial charge on any atom is 0.272 e. The topological polar surface area (TPSA) is 86.9 Å². The number of aromatic amines is 1. The molecule has 0 aliphatic rings. The van der Waals surface area contributed by atoms with Gasteiger partial charge < -0.3 is 15.6 Å². The highest BCUT2D eigenvalue weighted by molar-refractivity contribution is 6.04. The van der Waals surface area contributed by atoms with E-state index in [-0.39, 0.29) is 29.4 Å². The highest BCUT2D eigenvalue weighted by Gasteiger charge is 2.23. The third-order valence-electron chi connectivity index (χ3n) is 4.38. The number of imidazole rings is 1. The lowest BCUT2D eigenvalue weighted by Crippen LogP contribution is -2.32. The van der Waals surface area contributed by atoms with Gasteiger partial charge in [-0.2, -0.15) is 0 Å². The molecule has 0 fully saturated rings. The number of hydrogen-bond donors (Lipinski definition) is 3. The molecule has 0 saturated heterocycles. The second-order valence-electron chi connectivity index (χ2n) is 6.34. The Morgan fingerprint density at radius 1 is 0.815 bits per heavy atom. The van der Waals surface area contributed by atoms with E-state index >= 15 is 0 Å². The molecule has 0 unspecified atom stereocenters. The Labute approximate surface area is 158 Å². The van der Waals surface area contributed by atoms with Gasteiger partial charge in [-0.25, -0.2) is 4.98 Å². The van der Waals surface area contributed by atoms with Crippen LogP contribution in [-0.2, 0) is 0 Å².